The summed E-state index contributed by atoms with van der Waals surface area (Å²) in [6.07, 6.45) is 2.17. The van der Waals surface area contributed by atoms with Gasteiger partial charge < -0.3 is 21.3 Å². The molecule has 0 radical (unpaired) electrons. The lowest BCUT2D eigenvalue weighted by Gasteiger charge is -2.16. The van der Waals surface area contributed by atoms with Crippen LogP contribution in [0.1, 0.15) is 22.3 Å². The van der Waals surface area contributed by atoms with Crippen LogP contribution in [0.15, 0.2) is 54.6 Å². The molecule has 1 unspecified atom stereocenters. The summed E-state index contributed by atoms with van der Waals surface area (Å²) < 4.78 is 0. The largest absolute Gasteiger partial charge is 0.352 e. The molecule has 2 aromatic carbocycles. The van der Waals surface area contributed by atoms with Crippen molar-refractivity contribution in [2.45, 2.75) is 12.8 Å². The Hall–Kier alpha value is -2.86. The van der Waals surface area contributed by atoms with Crippen LogP contribution in [0.4, 0.5) is 10.5 Å². The van der Waals surface area contributed by atoms with Gasteiger partial charge in [0.05, 0.1) is 0 Å². The van der Waals surface area contributed by atoms with Crippen molar-refractivity contribution in [3.05, 3.63) is 65.7 Å². The first-order valence-corrected chi connectivity index (χ1v) is 9.31. The zero-order valence-corrected chi connectivity index (χ0v) is 15.4. The van der Waals surface area contributed by atoms with Crippen LogP contribution in [0.3, 0.4) is 0 Å². The Morgan fingerprint density at radius 3 is 2.52 bits per heavy atom. The fourth-order valence-corrected chi connectivity index (χ4v) is 3.40. The minimum Gasteiger partial charge on any atom is -0.352 e. The second-order valence-corrected chi connectivity index (χ2v) is 6.97. The summed E-state index contributed by atoms with van der Waals surface area (Å²) >= 11 is 0. The molecule has 0 saturated carbocycles. The quantitative estimate of drug-likeness (QED) is 0.703. The number of carbonyl (C=O) groups is 2. The van der Waals surface area contributed by atoms with Crippen molar-refractivity contribution in [3.63, 3.8) is 0 Å². The number of benzene rings is 2. The topological polar surface area (TPSA) is 87.5 Å². The van der Waals surface area contributed by atoms with E-state index in [-0.39, 0.29) is 5.91 Å². The van der Waals surface area contributed by atoms with Gasteiger partial charge in [0.2, 0.25) is 0 Å². The number of hydrogen-bond acceptors (Lipinski definition) is 3. The molecule has 3 rings (SSSR count). The summed E-state index contributed by atoms with van der Waals surface area (Å²) in [5.74, 6) is 0.392. The molecule has 1 aliphatic heterocycles. The van der Waals surface area contributed by atoms with Gasteiger partial charge in [0.1, 0.15) is 0 Å². The highest BCUT2D eigenvalue weighted by molar-refractivity contribution is 5.95. The summed E-state index contributed by atoms with van der Waals surface area (Å²) in [5.41, 5.74) is 7.58. The highest BCUT2D eigenvalue weighted by atomic mass is 16.2. The zero-order chi connectivity index (χ0) is 19.1. The minimum atomic E-state index is -0.620. The molecule has 1 fully saturated rings. The minimum absolute atomic E-state index is 0.0941. The van der Waals surface area contributed by atoms with Gasteiger partial charge in [-0.3, -0.25) is 4.79 Å². The van der Waals surface area contributed by atoms with Gasteiger partial charge in [-0.1, -0.05) is 30.3 Å². The van der Waals surface area contributed by atoms with Gasteiger partial charge in [0, 0.05) is 30.9 Å². The van der Waals surface area contributed by atoms with E-state index in [9.17, 15) is 9.59 Å². The van der Waals surface area contributed by atoms with Crippen LogP contribution in [-0.2, 0) is 6.42 Å². The molecular formula is C21H26N4O2. The molecule has 0 aromatic heterocycles. The maximum atomic E-state index is 12.3. The van der Waals surface area contributed by atoms with Crippen LogP contribution in [0.2, 0.25) is 0 Å². The molecule has 1 aliphatic rings. The molecule has 1 atom stereocenters. The maximum absolute atomic E-state index is 12.3. The lowest BCUT2D eigenvalue weighted by atomic mass is 10.1. The predicted molar refractivity (Wildman–Crippen MR) is 107 cm³/mol. The van der Waals surface area contributed by atoms with Crippen molar-refractivity contribution < 1.29 is 9.59 Å². The van der Waals surface area contributed by atoms with Crippen LogP contribution < -0.4 is 16.4 Å². The van der Waals surface area contributed by atoms with Crippen LogP contribution >= 0.6 is 0 Å². The van der Waals surface area contributed by atoms with Gasteiger partial charge in [0.15, 0.2) is 0 Å². The Bertz CT molecular complexity index is 762. The van der Waals surface area contributed by atoms with E-state index < -0.39 is 6.03 Å². The lowest BCUT2D eigenvalue weighted by molar-refractivity contribution is 0.0947. The predicted octanol–water partition coefficient (Wildman–Crippen LogP) is 2.47. The molecule has 6 heteroatoms. The fraction of sp³-hybridized carbons (Fsp3) is 0.333. The van der Waals surface area contributed by atoms with Gasteiger partial charge in [-0.05, 0) is 55.1 Å². The van der Waals surface area contributed by atoms with Gasteiger partial charge in [-0.2, -0.15) is 0 Å². The van der Waals surface area contributed by atoms with E-state index in [1.807, 2.05) is 6.07 Å². The molecule has 6 nitrogen and oxygen atoms in total. The summed E-state index contributed by atoms with van der Waals surface area (Å²) in [5, 5.41) is 5.50. The van der Waals surface area contributed by atoms with E-state index in [0.29, 0.717) is 23.7 Å². The number of amides is 3. The van der Waals surface area contributed by atoms with Crippen molar-refractivity contribution >= 4 is 17.6 Å². The third-order valence-corrected chi connectivity index (χ3v) is 4.90. The first kappa shape index (κ1) is 18.9. The van der Waals surface area contributed by atoms with Gasteiger partial charge in [0.25, 0.3) is 5.91 Å². The van der Waals surface area contributed by atoms with E-state index >= 15 is 0 Å². The number of primary amides is 1. The SMILES string of the molecule is NC(=O)Nc1ccc(C(=O)NCC2CCN(CCc3ccccc3)C2)cc1. The number of rotatable bonds is 7. The first-order chi connectivity index (χ1) is 13.1. The van der Waals surface area contributed by atoms with Crippen molar-refractivity contribution in [3.8, 4) is 0 Å². The Morgan fingerprint density at radius 1 is 1.07 bits per heavy atom. The second-order valence-electron chi connectivity index (χ2n) is 6.97. The molecule has 0 aliphatic carbocycles. The smallest absolute Gasteiger partial charge is 0.316 e. The average molecular weight is 366 g/mol. The maximum Gasteiger partial charge on any atom is 0.316 e. The molecule has 27 heavy (non-hydrogen) atoms. The average Bonchev–Trinajstić information content (AvgIpc) is 3.13. The van der Waals surface area contributed by atoms with E-state index in [1.165, 1.54) is 5.56 Å². The van der Waals surface area contributed by atoms with E-state index in [0.717, 1.165) is 32.5 Å². The third kappa shape index (κ3) is 5.82. The van der Waals surface area contributed by atoms with Crippen molar-refractivity contribution in [1.82, 2.24) is 10.2 Å². The van der Waals surface area contributed by atoms with Crippen molar-refractivity contribution in [2.24, 2.45) is 11.7 Å². The summed E-state index contributed by atoms with van der Waals surface area (Å²) in [6, 6.07) is 16.6. The number of nitrogens with one attached hydrogen (secondary N) is 2. The van der Waals surface area contributed by atoms with E-state index in [1.54, 1.807) is 24.3 Å². The van der Waals surface area contributed by atoms with Gasteiger partial charge in [-0.15, -0.1) is 0 Å². The summed E-state index contributed by atoms with van der Waals surface area (Å²) in [4.78, 5) is 25.6. The number of nitrogens with two attached hydrogens (primary N) is 1. The summed E-state index contributed by atoms with van der Waals surface area (Å²) in [7, 11) is 0. The summed E-state index contributed by atoms with van der Waals surface area (Å²) in [6.45, 7) is 3.85. The number of hydrogen-bond donors (Lipinski definition) is 3. The molecule has 3 amide bonds. The highest BCUT2D eigenvalue weighted by Crippen LogP contribution is 2.16. The molecular weight excluding hydrogens is 340 g/mol. The first-order valence-electron chi connectivity index (χ1n) is 9.31. The molecule has 2 aromatic rings. The van der Waals surface area contributed by atoms with Gasteiger partial charge in [-0.25, -0.2) is 4.79 Å². The van der Waals surface area contributed by atoms with Crippen LogP contribution in [0, 0.1) is 5.92 Å². The van der Waals surface area contributed by atoms with E-state index in [2.05, 4.69) is 39.8 Å². The zero-order valence-electron chi connectivity index (χ0n) is 15.4. The molecule has 0 bridgehead atoms. The Balaban J connectivity index is 1.40. The number of carbonyl (C=O) groups excluding carboxylic acids is 2. The Morgan fingerprint density at radius 2 is 1.81 bits per heavy atom. The Labute approximate surface area is 159 Å². The number of nitrogens with zero attached hydrogens (tertiary/aromatic N) is 1. The lowest BCUT2D eigenvalue weighted by Crippen LogP contribution is -2.31. The van der Waals surface area contributed by atoms with Crippen LogP contribution in [0.25, 0.3) is 0 Å². The van der Waals surface area contributed by atoms with Crippen molar-refractivity contribution in [1.29, 1.82) is 0 Å². The van der Waals surface area contributed by atoms with E-state index in [4.69, 9.17) is 5.73 Å². The number of urea groups is 1. The normalized spacial score (nSPS) is 16.8. The number of anilines is 1. The monoisotopic (exact) mass is 366 g/mol. The third-order valence-electron chi connectivity index (χ3n) is 4.90. The molecule has 142 valence electrons. The second kappa shape index (κ2) is 9.19. The van der Waals surface area contributed by atoms with Crippen LogP contribution in [-0.4, -0.2) is 43.0 Å². The van der Waals surface area contributed by atoms with Crippen molar-refractivity contribution in [2.75, 3.05) is 31.5 Å². The highest BCUT2D eigenvalue weighted by Gasteiger charge is 2.22. The fourth-order valence-electron chi connectivity index (χ4n) is 3.40. The van der Waals surface area contributed by atoms with Gasteiger partial charge >= 0.3 is 6.03 Å². The standard InChI is InChI=1S/C21H26N4O2/c22-21(27)24-19-8-6-18(7-9-19)20(26)23-14-17-11-13-25(15-17)12-10-16-4-2-1-3-5-16/h1-9,17H,10-15H2,(H,23,26)(H3,22,24,27). The molecule has 1 heterocycles. The molecule has 0 spiro atoms. The number of likely N-dealkylation sites (tertiary alicyclic amines) is 1. The Kier molecular flexibility index (Phi) is 6.44. The van der Waals surface area contributed by atoms with Crippen LogP contribution in [0.5, 0.6) is 0 Å². The molecule has 4 N–H and O–H groups in total. The molecule has 1 saturated heterocycles.